The van der Waals surface area contributed by atoms with E-state index in [1.165, 1.54) is 17.9 Å². The molecule has 0 radical (unpaired) electrons. The number of rotatable bonds is 11. The summed E-state index contributed by atoms with van der Waals surface area (Å²) in [6.45, 7) is 5.08. The second kappa shape index (κ2) is 15.1. The van der Waals surface area contributed by atoms with Gasteiger partial charge in [-0.15, -0.1) is 0 Å². The number of esters is 2. The predicted octanol–water partition coefficient (Wildman–Crippen LogP) is 5.90. The van der Waals surface area contributed by atoms with Gasteiger partial charge in [0.25, 0.3) is 0 Å². The second-order valence-electron chi connectivity index (χ2n) is 11.5. The van der Waals surface area contributed by atoms with E-state index in [0.717, 1.165) is 23.8 Å². The lowest BCUT2D eigenvalue weighted by molar-refractivity contribution is 0.0514. The molecule has 10 heteroatoms. The first-order chi connectivity index (χ1) is 22.0. The lowest BCUT2D eigenvalue weighted by atomic mass is 9.84. The number of nitrogens with one attached hydrogen (secondary N) is 1. The standard InChI is InChI=1S/C36H38N2O8/c1-36(2,3)46-35(42)37-21-28(29(25-17-11-7-12-18-25)26-19-13-8-14-20-26)38-22-27(33(40)43-4)31(39)32(30(38)34(41)44-5)45-23-24-15-9-6-10-16-24/h6-20,22,28-29H,21,23H2,1-5H3,(H,37,42)/t28-/m1/s1. The van der Waals surface area contributed by atoms with Gasteiger partial charge in [0.05, 0.1) is 20.3 Å². The van der Waals surface area contributed by atoms with Crippen molar-refractivity contribution in [2.24, 2.45) is 0 Å². The number of aromatic nitrogens is 1. The average Bonchev–Trinajstić information content (AvgIpc) is 3.05. The van der Waals surface area contributed by atoms with Gasteiger partial charge in [-0.3, -0.25) is 4.79 Å². The summed E-state index contributed by atoms with van der Waals surface area (Å²) >= 11 is 0. The minimum atomic E-state index is -0.922. The molecule has 1 heterocycles. The summed E-state index contributed by atoms with van der Waals surface area (Å²) in [5, 5.41) is 2.83. The fraction of sp³-hybridized carbons (Fsp3) is 0.278. The maximum atomic E-state index is 13.8. The highest BCUT2D eigenvalue weighted by molar-refractivity contribution is 5.94. The fourth-order valence-corrected chi connectivity index (χ4v) is 5.12. The summed E-state index contributed by atoms with van der Waals surface area (Å²) in [7, 11) is 2.34. The van der Waals surface area contributed by atoms with Crippen molar-refractivity contribution in [1.82, 2.24) is 9.88 Å². The summed E-state index contributed by atoms with van der Waals surface area (Å²) in [5.74, 6) is -2.70. The van der Waals surface area contributed by atoms with Crippen molar-refractivity contribution in [1.29, 1.82) is 0 Å². The fourth-order valence-electron chi connectivity index (χ4n) is 5.12. The molecule has 0 aliphatic heterocycles. The van der Waals surface area contributed by atoms with Gasteiger partial charge in [-0.1, -0.05) is 91.0 Å². The molecule has 3 aromatic carbocycles. The molecule has 1 aromatic heterocycles. The highest BCUT2D eigenvalue weighted by Gasteiger charge is 2.35. The third kappa shape index (κ3) is 8.20. The highest BCUT2D eigenvalue weighted by atomic mass is 16.6. The van der Waals surface area contributed by atoms with Gasteiger partial charge in [-0.2, -0.15) is 0 Å². The van der Waals surface area contributed by atoms with E-state index < -0.39 is 41.0 Å². The Morgan fingerprint density at radius 2 is 1.30 bits per heavy atom. The van der Waals surface area contributed by atoms with Crippen molar-refractivity contribution in [3.63, 3.8) is 0 Å². The molecule has 1 N–H and O–H groups in total. The van der Waals surface area contributed by atoms with Crippen molar-refractivity contribution in [3.8, 4) is 5.75 Å². The number of ether oxygens (including phenoxy) is 4. The Morgan fingerprint density at radius 1 is 0.783 bits per heavy atom. The molecule has 4 aromatic rings. The molecule has 1 amide bonds. The summed E-state index contributed by atoms with van der Waals surface area (Å²) in [6.07, 6.45) is 0.572. The number of alkyl carbamates (subject to hydrolysis) is 1. The average molecular weight is 627 g/mol. The van der Waals surface area contributed by atoms with Crippen LogP contribution in [0.3, 0.4) is 0 Å². The third-order valence-corrected chi connectivity index (χ3v) is 7.12. The van der Waals surface area contributed by atoms with E-state index in [1.54, 1.807) is 32.9 Å². The molecule has 10 nitrogen and oxygen atoms in total. The van der Waals surface area contributed by atoms with E-state index in [9.17, 15) is 19.2 Å². The summed E-state index contributed by atoms with van der Waals surface area (Å²) < 4.78 is 23.2. The Bertz CT molecular complexity index is 1660. The lowest BCUT2D eigenvalue weighted by Gasteiger charge is -2.33. The van der Waals surface area contributed by atoms with Crippen LogP contribution in [0.25, 0.3) is 0 Å². The van der Waals surface area contributed by atoms with Crippen LogP contribution in [-0.2, 0) is 20.8 Å². The van der Waals surface area contributed by atoms with Crippen LogP contribution in [0, 0.1) is 0 Å². The Labute approximate surface area is 267 Å². The smallest absolute Gasteiger partial charge is 0.407 e. The topological polar surface area (TPSA) is 122 Å². The molecule has 240 valence electrons. The van der Waals surface area contributed by atoms with Crippen LogP contribution in [0.2, 0.25) is 0 Å². The number of hydrogen-bond donors (Lipinski definition) is 1. The molecule has 0 saturated heterocycles. The molecular formula is C36H38N2O8. The molecule has 0 fully saturated rings. The number of nitrogens with zero attached hydrogens (tertiary/aromatic N) is 1. The van der Waals surface area contributed by atoms with E-state index in [4.69, 9.17) is 18.9 Å². The van der Waals surface area contributed by atoms with Gasteiger partial charge >= 0.3 is 18.0 Å². The molecule has 0 bridgehead atoms. The number of carbonyl (C=O) groups is 3. The molecule has 0 aliphatic rings. The molecule has 4 rings (SSSR count). The Morgan fingerprint density at radius 3 is 1.80 bits per heavy atom. The molecule has 0 aliphatic carbocycles. The van der Waals surface area contributed by atoms with Crippen molar-refractivity contribution < 1.29 is 33.3 Å². The van der Waals surface area contributed by atoms with Crippen LogP contribution in [0.15, 0.2) is 102 Å². The van der Waals surface area contributed by atoms with Crippen molar-refractivity contribution in [3.05, 3.63) is 135 Å². The van der Waals surface area contributed by atoms with Crippen LogP contribution in [0.1, 0.15) is 70.3 Å². The number of pyridine rings is 1. The summed E-state index contributed by atoms with van der Waals surface area (Å²) in [5.41, 5.74) is 0.195. The minimum Gasteiger partial charge on any atom is -0.482 e. The van der Waals surface area contributed by atoms with Crippen molar-refractivity contribution >= 4 is 18.0 Å². The first kappa shape index (κ1) is 33.5. The zero-order valence-electron chi connectivity index (χ0n) is 26.5. The second-order valence-corrected chi connectivity index (χ2v) is 11.5. The summed E-state index contributed by atoms with van der Waals surface area (Å²) in [6, 6.07) is 27.2. The Kier molecular flexibility index (Phi) is 11.0. The van der Waals surface area contributed by atoms with Crippen LogP contribution in [0.5, 0.6) is 5.75 Å². The number of benzene rings is 3. The van der Waals surface area contributed by atoms with Crippen molar-refractivity contribution in [2.45, 2.75) is 44.9 Å². The molecule has 0 spiro atoms. The quantitative estimate of drug-likeness (QED) is 0.161. The van der Waals surface area contributed by atoms with Gasteiger partial charge < -0.3 is 28.8 Å². The number of methoxy groups -OCH3 is 2. The zero-order chi connectivity index (χ0) is 33.3. The summed E-state index contributed by atoms with van der Waals surface area (Å²) in [4.78, 5) is 53.4. The monoisotopic (exact) mass is 626 g/mol. The van der Waals surface area contributed by atoms with Crippen LogP contribution in [-0.4, -0.2) is 49.0 Å². The predicted molar refractivity (Wildman–Crippen MR) is 172 cm³/mol. The molecule has 1 atom stereocenters. The van der Waals surface area contributed by atoms with Crippen LogP contribution < -0.4 is 15.5 Å². The van der Waals surface area contributed by atoms with Gasteiger partial charge in [-0.25, -0.2) is 14.4 Å². The number of hydrogen-bond acceptors (Lipinski definition) is 8. The van der Waals surface area contributed by atoms with Crippen molar-refractivity contribution in [2.75, 3.05) is 20.8 Å². The van der Waals surface area contributed by atoms with Gasteiger partial charge in [0.1, 0.15) is 17.8 Å². The van der Waals surface area contributed by atoms with Gasteiger partial charge in [0, 0.05) is 18.7 Å². The van der Waals surface area contributed by atoms with Crippen LogP contribution in [0.4, 0.5) is 4.79 Å². The lowest BCUT2D eigenvalue weighted by Crippen LogP contribution is -2.39. The minimum absolute atomic E-state index is 0.0771. The van der Waals surface area contributed by atoms with Crippen LogP contribution >= 0.6 is 0 Å². The number of carbonyl (C=O) groups excluding carboxylic acids is 3. The third-order valence-electron chi connectivity index (χ3n) is 7.12. The molecular weight excluding hydrogens is 588 g/mol. The zero-order valence-corrected chi connectivity index (χ0v) is 26.5. The van der Waals surface area contributed by atoms with E-state index in [-0.39, 0.29) is 30.2 Å². The van der Waals surface area contributed by atoms with Gasteiger partial charge in [0.2, 0.25) is 5.43 Å². The first-order valence-electron chi connectivity index (χ1n) is 14.7. The van der Waals surface area contributed by atoms with Gasteiger partial charge in [-0.05, 0) is 37.5 Å². The normalized spacial score (nSPS) is 11.8. The molecule has 0 saturated carbocycles. The SMILES string of the molecule is COC(=O)c1cn([C@H](CNC(=O)OC(C)(C)C)C(c2ccccc2)c2ccccc2)c(C(=O)OC)c(OCc2ccccc2)c1=O. The molecule has 46 heavy (non-hydrogen) atoms. The first-order valence-corrected chi connectivity index (χ1v) is 14.7. The van der Waals surface area contributed by atoms with Gasteiger partial charge in [0.15, 0.2) is 11.4 Å². The number of amides is 1. The molecule has 0 unspecified atom stereocenters. The van der Waals surface area contributed by atoms with E-state index in [2.05, 4.69) is 5.32 Å². The Balaban J connectivity index is 2.01. The van der Waals surface area contributed by atoms with E-state index >= 15 is 0 Å². The maximum Gasteiger partial charge on any atom is 0.407 e. The van der Waals surface area contributed by atoms with E-state index in [1.807, 2.05) is 78.9 Å². The Hall–Kier alpha value is -5.38. The largest absolute Gasteiger partial charge is 0.482 e. The highest BCUT2D eigenvalue weighted by Crippen LogP contribution is 2.37. The maximum absolute atomic E-state index is 13.8. The van der Waals surface area contributed by atoms with E-state index in [0.29, 0.717) is 0 Å².